The van der Waals surface area contributed by atoms with Crippen molar-refractivity contribution in [3.05, 3.63) is 269 Å². The summed E-state index contributed by atoms with van der Waals surface area (Å²) >= 11 is 0. The highest BCUT2D eigenvalue weighted by Gasteiger charge is 2.51. The lowest BCUT2D eigenvalue weighted by molar-refractivity contribution is 0.409. The summed E-state index contributed by atoms with van der Waals surface area (Å²) in [6, 6.07) is 83.7. The van der Waals surface area contributed by atoms with Crippen molar-refractivity contribution in [3.8, 4) is 33.4 Å². The first-order valence-electron chi connectivity index (χ1n) is 21.4. The lowest BCUT2D eigenvalue weighted by Crippen LogP contribution is -2.44. The monoisotopic (exact) mass is 794 g/mol. The van der Waals surface area contributed by atoms with Gasteiger partial charge in [0.15, 0.2) is 0 Å². The first-order chi connectivity index (χ1) is 30.7. The maximum atomic E-state index is 5.24. The van der Waals surface area contributed by atoms with Crippen LogP contribution in [0, 0.1) is 0 Å². The molecule has 4 nitrogen and oxygen atoms in total. The maximum Gasteiger partial charge on any atom is 0.131 e. The van der Waals surface area contributed by atoms with Crippen molar-refractivity contribution in [2.75, 3.05) is 4.90 Å². The van der Waals surface area contributed by atoms with E-state index < -0.39 is 5.41 Å². The Bertz CT molecular complexity index is 3090. The molecule has 0 aromatic heterocycles. The van der Waals surface area contributed by atoms with E-state index in [0.717, 1.165) is 33.8 Å². The molecule has 2 aliphatic heterocycles. The van der Waals surface area contributed by atoms with Crippen molar-refractivity contribution >= 4 is 22.9 Å². The molecule has 0 amide bonds. The molecule has 4 heteroatoms. The van der Waals surface area contributed by atoms with E-state index in [2.05, 4.69) is 246 Å². The molecule has 0 bridgehead atoms. The van der Waals surface area contributed by atoms with Crippen LogP contribution in [0.5, 0.6) is 0 Å². The Morgan fingerprint density at radius 1 is 0.387 bits per heavy atom. The third kappa shape index (κ3) is 5.76. The molecule has 1 aliphatic carbocycles. The summed E-state index contributed by atoms with van der Waals surface area (Å²) < 4.78 is 0. The van der Waals surface area contributed by atoms with E-state index in [-0.39, 0.29) is 12.3 Å². The van der Waals surface area contributed by atoms with Crippen LogP contribution >= 0.6 is 0 Å². The Morgan fingerprint density at radius 2 is 0.903 bits per heavy atom. The Morgan fingerprint density at radius 3 is 1.63 bits per heavy atom. The summed E-state index contributed by atoms with van der Waals surface area (Å²) in [5.74, 6) is 0.865. The molecular formula is C58H42N4. The van der Waals surface area contributed by atoms with Gasteiger partial charge in [0.25, 0.3) is 0 Å². The molecular weight excluding hydrogens is 753 g/mol. The lowest BCUT2D eigenvalue weighted by Gasteiger charge is -2.45. The molecule has 12 rings (SSSR count). The van der Waals surface area contributed by atoms with Crippen molar-refractivity contribution < 1.29 is 0 Å². The highest BCUT2D eigenvalue weighted by atomic mass is 15.3. The van der Waals surface area contributed by atoms with Gasteiger partial charge in [0.2, 0.25) is 0 Å². The minimum Gasteiger partial charge on any atom is -0.350 e. The minimum atomic E-state index is -0.519. The molecule has 294 valence electrons. The number of fused-ring (bicyclic) bond motifs is 9. The van der Waals surface area contributed by atoms with Crippen LogP contribution in [-0.4, -0.2) is 5.84 Å². The average molecular weight is 795 g/mol. The van der Waals surface area contributed by atoms with Gasteiger partial charge in [-0.25, -0.2) is 4.99 Å². The Hall–Kier alpha value is -7.79. The van der Waals surface area contributed by atoms with Gasteiger partial charge in [-0.15, -0.1) is 0 Å². The predicted molar refractivity (Wildman–Crippen MR) is 254 cm³/mol. The lowest BCUT2D eigenvalue weighted by atomic mass is 9.64. The summed E-state index contributed by atoms with van der Waals surface area (Å²) in [6.45, 7) is 0. The van der Waals surface area contributed by atoms with E-state index in [1.165, 1.54) is 61.4 Å². The van der Waals surface area contributed by atoms with Crippen molar-refractivity contribution in [2.24, 2.45) is 4.99 Å². The van der Waals surface area contributed by atoms with E-state index in [0.29, 0.717) is 0 Å². The highest BCUT2D eigenvalue weighted by Crippen LogP contribution is 2.63. The largest absolute Gasteiger partial charge is 0.350 e. The van der Waals surface area contributed by atoms with E-state index in [9.17, 15) is 0 Å². The van der Waals surface area contributed by atoms with Crippen LogP contribution in [0.1, 0.15) is 51.3 Å². The molecule has 9 aromatic carbocycles. The zero-order valence-electron chi connectivity index (χ0n) is 34.0. The number of para-hydroxylation sites is 3. The molecule has 2 N–H and O–H groups in total. The van der Waals surface area contributed by atoms with E-state index in [4.69, 9.17) is 4.99 Å². The molecule has 3 aliphatic rings. The second kappa shape index (κ2) is 14.7. The average Bonchev–Trinajstić information content (AvgIpc) is 3.65. The Kier molecular flexibility index (Phi) is 8.58. The number of hydrogen-bond donors (Lipinski definition) is 2. The fourth-order valence-electron chi connectivity index (χ4n) is 10.2. The summed E-state index contributed by atoms with van der Waals surface area (Å²) in [5, 5.41) is 7.64. The summed E-state index contributed by atoms with van der Waals surface area (Å²) in [7, 11) is 0. The zero-order valence-corrected chi connectivity index (χ0v) is 34.0. The fourth-order valence-corrected chi connectivity index (χ4v) is 10.2. The topological polar surface area (TPSA) is 39.7 Å². The third-order valence-corrected chi connectivity index (χ3v) is 13.0. The Balaban J connectivity index is 0.966. The van der Waals surface area contributed by atoms with E-state index >= 15 is 0 Å². The van der Waals surface area contributed by atoms with Crippen LogP contribution in [0.4, 0.5) is 17.1 Å². The van der Waals surface area contributed by atoms with Gasteiger partial charge in [-0.1, -0.05) is 194 Å². The van der Waals surface area contributed by atoms with Gasteiger partial charge >= 0.3 is 0 Å². The van der Waals surface area contributed by atoms with Crippen LogP contribution in [-0.2, 0) is 5.41 Å². The van der Waals surface area contributed by atoms with Crippen LogP contribution in [0.15, 0.2) is 236 Å². The molecule has 0 fully saturated rings. The van der Waals surface area contributed by atoms with Gasteiger partial charge in [-0.05, 0) is 103 Å². The van der Waals surface area contributed by atoms with Crippen molar-refractivity contribution in [1.29, 1.82) is 0 Å². The quantitative estimate of drug-likeness (QED) is 0.176. The van der Waals surface area contributed by atoms with Crippen LogP contribution in [0.2, 0.25) is 0 Å². The number of rotatable bonds is 6. The second-order valence-electron chi connectivity index (χ2n) is 16.4. The van der Waals surface area contributed by atoms with Gasteiger partial charge in [0.1, 0.15) is 18.2 Å². The van der Waals surface area contributed by atoms with Gasteiger partial charge in [-0.2, -0.15) is 0 Å². The number of aliphatic imine (C=N–C) groups is 1. The fraction of sp³-hybridized carbons (Fsp3) is 0.0517. The Labute approximate surface area is 362 Å². The molecule has 0 saturated carbocycles. The first kappa shape index (κ1) is 36.1. The molecule has 9 aromatic rings. The smallest absolute Gasteiger partial charge is 0.131 e. The van der Waals surface area contributed by atoms with Crippen LogP contribution in [0.3, 0.4) is 0 Å². The van der Waals surface area contributed by atoms with E-state index in [1.807, 2.05) is 0 Å². The third-order valence-electron chi connectivity index (χ3n) is 13.0. The molecule has 1 spiro atoms. The molecule has 62 heavy (non-hydrogen) atoms. The number of anilines is 3. The maximum absolute atomic E-state index is 5.24. The summed E-state index contributed by atoms with van der Waals surface area (Å²) in [5.41, 5.74) is 18.8. The number of nitrogens with zero attached hydrogens (tertiary/aromatic N) is 2. The first-order valence-corrected chi connectivity index (χ1v) is 21.4. The SMILES string of the molecule is c1ccc(-c2ccc(C3=NC(c4ccccc4)NC(c4cccc(-c5ccc6c(c5)C5(c7ccccc7-6)c6ccccc6N(c6ccccc6)c6ccccc65)c4)N3)cc2)cc1. The molecule has 2 atom stereocenters. The number of benzene rings is 9. The van der Waals surface area contributed by atoms with Gasteiger partial charge in [0.05, 0.1) is 16.8 Å². The normalized spacial score (nSPS) is 16.6. The summed E-state index contributed by atoms with van der Waals surface area (Å²) in [4.78, 5) is 7.68. The minimum absolute atomic E-state index is 0.187. The molecule has 2 unspecified atom stereocenters. The van der Waals surface area contributed by atoms with Gasteiger partial charge < -0.3 is 10.2 Å². The second-order valence-corrected chi connectivity index (χ2v) is 16.4. The molecule has 2 heterocycles. The van der Waals surface area contributed by atoms with Gasteiger partial charge in [-0.3, -0.25) is 5.32 Å². The number of nitrogens with one attached hydrogen (secondary N) is 2. The van der Waals surface area contributed by atoms with E-state index in [1.54, 1.807) is 0 Å². The van der Waals surface area contributed by atoms with Crippen LogP contribution < -0.4 is 15.5 Å². The standard InChI is InChI=1S/C58H42N4/c1-4-17-39(18-5-1)40-31-33-42(34-32-40)56-59-55(41-19-6-2-7-20-41)60-57(61-56)45-22-16-21-43(37-45)44-35-36-48-47-25-10-11-26-49(47)58(52(48)38-44)50-27-12-14-29-53(50)62(46-23-8-3-9-24-46)54-30-15-13-28-51(54)58/h1-38,55,57,60H,(H,59,61). The summed E-state index contributed by atoms with van der Waals surface area (Å²) in [6.07, 6.45) is -0.414. The number of hydrogen-bond acceptors (Lipinski definition) is 4. The van der Waals surface area contributed by atoms with Gasteiger partial charge in [0, 0.05) is 11.3 Å². The number of amidine groups is 1. The zero-order chi connectivity index (χ0) is 41.0. The van der Waals surface area contributed by atoms with Crippen LogP contribution in [0.25, 0.3) is 33.4 Å². The predicted octanol–water partition coefficient (Wildman–Crippen LogP) is 13.5. The van der Waals surface area contributed by atoms with Crippen molar-refractivity contribution in [3.63, 3.8) is 0 Å². The molecule has 0 saturated heterocycles. The molecule has 0 radical (unpaired) electrons. The highest BCUT2D eigenvalue weighted by molar-refractivity contribution is 6.00. The van der Waals surface area contributed by atoms with Crippen molar-refractivity contribution in [2.45, 2.75) is 17.7 Å². The van der Waals surface area contributed by atoms with Crippen molar-refractivity contribution in [1.82, 2.24) is 10.6 Å².